The Morgan fingerprint density at radius 1 is 1.19 bits per heavy atom. The number of aliphatic hydroxyl groups excluding tert-OH is 1. The Balaban J connectivity index is 1.63. The quantitative estimate of drug-likeness (QED) is 0.514. The first-order valence-electron chi connectivity index (χ1n) is 12.7. The normalized spacial score (nSPS) is 21.5. The van der Waals surface area contributed by atoms with E-state index in [1.54, 1.807) is 23.1 Å². The van der Waals surface area contributed by atoms with Gasteiger partial charge in [0.2, 0.25) is 5.91 Å². The summed E-state index contributed by atoms with van der Waals surface area (Å²) in [5, 5.41) is 9.80. The Morgan fingerprint density at radius 2 is 1.89 bits per heavy atom. The summed E-state index contributed by atoms with van der Waals surface area (Å²) >= 11 is 0. The first-order valence-corrected chi connectivity index (χ1v) is 14.2. The molecule has 2 aromatic carbocycles. The summed E-state index contributed by atoms with van der Waals surface area (Å²) in [7, 11) is -1.88. The Morgan fingerprint density at radius 3 is 2.54 bits per heavy atom. The summed E-state index contributed by atoms with van der Waals surface area (Å²) in [4.78, 5) is 17.2. The van der Waals surface area contributed by atoms with Crippen molar-refractivity contribution in [3.05, 3.63) is 53.8 Å². The third kappa shape index (κ3) is 7.00. The first kappa shape index (κ1) is 27.3. The zero-order valence-electron chi connectivity index (χ0n) is 21.6. The van der Waals surface area contributed by atoms with E-state index in [2.05, 4.69) is 23.6 Å². The van der Waals surface area contributed by atoms with E-state index >= 15 is 0 Å². The van der Waals surface area contributed by atoms with Gasteiger partial charge >= 0.3 is 0 Å². The Hall–Kier alpha value is -2.69. The van der Waals surface area contributed by atoms with E-state index in [1.165, 1.54) is 25.0 Å². The molecule has 0 spiro atoms. The van der Waals surface area contributed by atoms with Gasteiger partial charge in [-0.1, -0.05) is 6.92 Å². The smallest absolute Gasteiger partial charge is 0.261 e. The lowest BCUT2D eigenvalue weighted by Gasteiger charge is -2.34. The number of sulfonamides is 1. The summed E-state index contributed by atoms with van der Waals surface area (Å²) in [6.07, 6.45) is 2.30. The van der Waals surface area contributed by atoms with E-state index < -0.39 is 15.8 Å². The molecule has 2 N–H and O–H groups in total. The molecule has 0 radical (unpaired) electrons. The fourth-order valence-electron chi connectivity index (χ4n) is 4.66. The van der Waals surface area contributed by atoms with Crippen LogP contribution in [-0.2, 0) is 21.2 Å². The van der Waals surface area contributed by atoms with Gasteiger partial charge in [0.15, 0.2) is 0 Å². The minimum Gasteiger partial charge on any atom is -0.488 e. The molecule has 1 heterocycles. The number of carbonyl (C=O) groups excluding carboxylic acids is 1. The molecule has 8 nitrogen and oxygen atoms in total. The number of nitrogens with zero attached hydrogens (tertiary/aromatic N) is 2. The van der Waals surface area contributed by atoms with Crippen LogP contribution in [0.15, 0.2) is 47.4 Å². The standard InChI is InChI=1S/C27H36FN3O5S/c1-18-14-31(19(2)17-32)27(33)13-21-12-23(29-37(34,35)24-9-6-22(28)7-10-24)8-11-25(21)36-26(18)16-30(3)15-20-4-5-20/h6-12,18-20,26,29,32H,4-5,13-17H2,1-3H3/t18-,19-,26-/m1/s1. The second-order valence-corrected chi connectivity index (χ2v) is 12.1. The highest BCUT2D eigenvalue weighted by molar-refractivity contribution is 7.92. The molecular weight excluding hydrogens is 497 g/mol. The molecule has 202 valence electrons. The van der Waals surface area contributed by atoms with Gasteiger partial charge in [0.05, 0.1) is 24.0 Å². The summed E-state index contributed by atoms with van der Waals surface area (Å²) in [6.45, 7) is 5.84. The summed E-state index contributed by atoms with van der Waals surface area (Å²) in [6, 6.07) is 9.11. The number of likely N-dealkylation sites (N-methyl/N-ethyl adjacent to an activating group) is 1. The summed E-state index contributed by atoms with van der Waals surface area (Å²) in [5.74, 6) is 0.576. The van der Waals surface area contributed by atoms with Crippen LogP contribution in [-0.4, -0.2) is 74.7 Å². The van der Waals surface area contributed by atoms with E-state index in [4.69, 9.17) is 4.74 Å². The van der Waals surface area contributed by atoms with E-state index in [9.17, 15) is 22.7 Å². The number of hydrogen-bond donors (Lipinski definition) is 2. The topological polar surface area (TPSA) is 99.2 Å². The SMILES string of the molecule is C[C@@H]1CN([C@H](C)CO)C(=O)Cc2cc(NS(=O)(=O)c3ccc(F)cc3)ccc2O[C@@H]1CN(C)CC1CC1. The monoisotopic (exact) mass is 533 g/mol. The maximum atomic E-state index is 13.3. The molecule has 37 heavy (non-hydrogen) atoms. The lowest BCUT2D eigenvalue weighted by molar-refractivity contribution is -0.134. The van der Waals surface area contributed by atoms with Crippen molar-refractivity contribution in [2.75, 3.05) is 38.0 Å². The Kier molecular flexibility index (Phi) is 8.40. The molecule has 1 amide bonds. The fraction of sp³-hybridized carbons (Fsp3) is 0.519. The predicted octanol–water partition coefficient (Wildman–Crippen LogP) is 3.12. The van der Waals surface area contributed by atoms with Gasteiger partial charge in [0, 0.05) is 36.8 Å². The molecule has 0 bridgehead atoms. The first-order chi connectivity index (χ1) is 17.6. The van der Waals surface area contributed by atoms with Crippen LogP contribution in [0.2, 0.25) is 0 Å². The van der Waals surface area contributed by atoms with Crippen molar-refractivity contribution in [2.45, 2.75) is 50.2 Å². The van der Waals surface area contributed by atoms with E-state index in [-0.39, 0.29) is 47.6 Å². The lowest BCUT2D eigenvalue weighted by Crippen LogP contribution is -2.47. The third-order valence-electron chi connectivity index (χ3n) is 7.05. The number of halogens is 1. The maximum Gasteiger partial charge on any atom is 0.261 e. The Labute approximate surface area is 218 Å². The number of carbonyl (C=O) groups is 1. The number of anilines is 1. The molecule has 1 fully saturated rings. The van der Waals surface area contributed by atoms with Crippen LogP contribution in [0.3, 0.4) is 0 Å². The van der Waals surface area contributed by atoms with Gasteiger partial charge < -0.3 is 19.6 Å². The second-order valence-electron chi connectivity index (χ2n) is 10.4. The van der Waals surface area contributed by atoms with Crippen molar-refractivity contribution in [3.8, 4) is 5.75 Å². The molecule has 1 aliphatic heterocycles. The zero-order valence-corrected chi connectivity index (χ0v) is 22.4. The molecule has 4 rings (SSSR count). The van der Waals surface area contributed by atoms with Crippen LogP contribution in [0.1, 0.15) is 32.3 Å². The largest absolute Gasteiger partial charge is 0.488 e. The average molecular weight is 534 g/mol. The van der Waals surface area contributed by atoms with Crippen molar-refractivity contribution >= 4 is 21.6 Å². The van der Waals surface area contributed by atoms with Crippen LogP contribution < -0.4 is 9.46 Å². The number of amides is 1. The summed E-state index contributed by atoms with van der Waals surface area (Å²) < 4.78 is 48.0. The molecule has 0 aromatic heterocycles. The van der Waals surface area contributed by atoms with Gasteiger partial charge in [0.1, 0.15) is 17.7 Å². The highest BCUT2D eigenvalue weighted by Gasteiger charge is 2.32. The number of fused-ring (bicyclic) bond motifs is 1. The molecule has 0 unspecified atom stereocenters. The van der Waals surface area contributed by atoms with Crippen LogP contribution in [0.5, 0.6) is 5.75 Å². The maximum absolute atomic E-state index is 13.3. The third-order valence-corrected chi connectivity index (χ3v) is 8.45. The zero-order chi connectivity index (χ0) is 26.7. The number of nitrogens with one attached hydrogen (secondary N) is 1. The highest BCUT2D eigenvalue weighted by Crippen LogP contribution is 2.32. The number of ether oxygens (including phenoxy) is 1. The second kappa shape index (κ2) is 11.4. The molecular formula is C27H36FN3O5S. The van der Waals surface area contributed by atoms with Crippen LogP contribution in [0, 0.1) is 17.7 Å². The van der Waals surface area contributed by atoms with Crippen molar-refractivity contribution in [1.82, 2.24) is 9.80 Å². The molecule has 0 saturated heterocycles. The van der Waals surface area contributed by atoms with E-state index in [1.807, 2.05) is 6.92 Å². The van der Waals surface area contributed by atoms with Crippen molar-refractivity contribution in [2.24, 2.45) is 11.8 Å². The van der Waals surface area contributed by atoms with Crippen molar-refractivity contribution in [1.29, 1.82) is 0 Å². The lowest BCUT2D eigenvalue weighted by atomic mass is 10.0. The van der Waals surface area contributed by atoms with Gasteiger partial charge in [-0.15, -0.1) is 0 Å². The summed E-state index contributed by atoms with van der Waals surface area (Å²) in [5.41, 5.74) is 0.833. The number of benzene rings is 2. The number of aliphatic hydroxyl groups is 1. The van der Waals surface area contributed by atoms with Crippen LogP contribution in [0.25, 0.3) is 0 Å². The highest BCUT2D eigenvalue weighted by atomic mass is 32.2. The number of rotatable bonds is 9. The molecule has 10 heteroatoms. The van der Waals surface area contributed by atoms with E-state index in [0.29, 0.717) is 24.4 Å². The number of hydrogen-bond acceptors (Lipinski definition) is 6. The van der Waals surface area contributed by atoms with Gasteiger partial charge in [-0.3, -0.25) is 9.52 Å². The average Bonchev–Trinajstić information content (AvgIpc) is 3.65. The van der Waals surface area contributed by atoms with Crippen LogP contribution in [0.4, 0.5) is 10.1 Å². The van der Waals surface area contributed by atoms with Crippen molar-refractivity contribution in [3.63, 3.8) is 0 Å². The van der Waals surface area contributed by atoms with Gasteiger partial charge in [0.25, 0.3) is 10.0 Å². The minimum atomic E-state index is -3.96. The van der Waals surface area contributed by atoms with E-state index in [0.717, 1.165) is 24.6 Å². The molecule has 2 aliphatic rings. The fourth-order valence-corrected chi connectivity index (χ4v) is 5.71. The van der Waals surface area contributed by atoms with Crippen molar-refractivity contribution < 1.29 is 27.4 Å². The minimum absolute atomic E-state index is 0.00204. The molecule has 3 atom stereocenters. The molecule has 2 aromatic rings. The van der Waals surface area contributed by atoms with Gasteiger partial charge in [-0.2, -0.15) is 0 Å². The van der Waals surface area contributed by atoms with Gasteiger partial charge in [-0.25, -0.2) is 12.8 Å². The Bertz CT molecular complexity index is 1200. The molecule has 1 saturated carbocycles. The molecule has 1 aliphatic carbocycles. The van der Waals surface area contributed by atoms with Gasteiger partial charge in [-0.05, 0) is 75.2 Å². The predicted molar refractivity (Wildman–Crippen MR) is 139 cm³/mol. The van der Waals surface area contributed by atoms with Crippen LogP contribution >= 0.6 is 0 Å².